The van der Waals surface area contributed by atoms with Crippen LogP contribution in [0.1, 0.15) is 50.1 Å². The summed E-state index contributed by atoms with van der Waals surface area (Å²) in [6.45, 7) is 4.80. The average molecular weight is 482 g/mol. The minimum Gasteiger partial charge on any atom is -0.369 e. The molecule has 34 heavy (non-hydrogen) atoms. The number of thioether (sulfide) groups is 1. The van der Waals surface area contributed by atoms with Crippen LogP contribution in [0.4, 0.5) is 10.1 Å². The van der Waals surface area contributed by atoms with E-state index >= 15 is 0 Å². The van der Waals surface area contributed by atoms with Gasteiger partial charge in [-0.15, -0.1) is 11.8 Å². The molecule has 2 fully saturated rings. The van der Waals surface area contributed by atoms with Crippen molar-refractivity contribution in [2.24, 2.45) is 11.8 Å². The van der Waals surface area contributed by atoms with Crippen molar-refractivity contribution in [1.82, 2.24) is 10.2 Å². The summed E-state index contributed by atoms with van der Waals surface area (Å²) < 4.78 is 13.2. The van der Waals surface area contributed by atoms with Gasteiger partial charge in [0.2, 0.25) is 5.91 Å². The van der Waals surface area contributed by atoms with E-state index < -0.39 is 0 Å². The maximum atomic E-state index is 13.2. The van der Waals surface area contributed by atoms with Crippen LogP contribution in [-0.2, 0) is 4.79 Å². The van der Waals surface area contributed by atoms with Gasteiger partial charge in [-0.1, -0.05) is 31.0 Å². The van der Waals surface area contributed by atoms with E-state index in [4.69, 9.17) is 0 Å². The Morgan fingerprint density at radius 2 is 1.76 bits per heavy atom. The number of carbonyl (C=O) groups is 1. The van der Waals surface area contributed by atoms with E-state index in [1.807, 2.05) is 23.9 Å². The van der Waals surface area contributed by atoms with Gasteiger partial charge in [0.1, 0.15) is 5.82 Å². The van der Waals surface area contributed by atoms with Gasteiger partial charge in [0.15, 0.2) is 0 Å². The molecular formula is C28H36FN3OS. The number of nitrogens with zero attached hydrogens (tertiary/aromatic N) is 2. The molecule has 0 radical (unpaired) electrons. The molecule has 4 nitrogen and oxygen atoms in total. The maximum Gasteiger partial charge on any atom is 0.220 e. The number of halogens is 1. The Balaban J connectivity index is 1.11. The second-order valence-electron chi connectivity index (χ2n) is 10.0. The topological polar surface area (TPSA) is 35.6 Å². The highest BCUT2D eigenvalue weighted by molar-refractivity contribution is 7.99. The van der Waals surface area contributed by atoms with Crippen molar-refractivity contribution in [3.63, 3.8) is 0 Å². The van der Waals surface area contributed by atoms with Crippen LogP contribution in [0.2, 0.25) is 0 Å². The van der Waals surface area contributed by atoms with Gasteiger partial charge in [0.05, 0.1) is 6.04 Å². The van der Waals surface area contributed by atoms with Crippen LogP contribution in [0.25, 0.3) is 0 Å². The molecule has 1 saturated carbocycles. The second kappa shape index (κ2) is 11.1. The third-order valence-electron chi connectivity index (χ3n) is 7.86. The zero-order valence-corrected chi connectivity index (χ0v) is 20.7. The summed E-state index contributed by atoms with van der Waals surface area (Å²) in [6, 6.07) is 15.6. The number of anilines is 1. The predicted octanol–water partition coefficient (Wildman–Crippen LogP) is 5.50. The smallest absolute Gasteiger partial charge is 0.220 e. The van der Waals surface area contributed by atoms with Gasteiger partial charge in [-0.2, -0.15) is 0 Å². The molecule has 2 aromatic rings. The lowest BCUT2D eigenvalue weighted by Gasteiger charge is -2.36. The fourth-order valence-electron chi connectivity index (χ4n) is 5.95. The van der Waals surface area contributed by atoms with E-state index in [0.717, 1.165) is 44.8 Å². The molecule has 2 aliphatic heterocycles. The highest BCUT2D eigenvalue weighted by Gasteiger charge is 2.37. The summed E-state index contributed by atoms with van der Waals surface area (Å²) in [7, 11) is 0. The van der Waals surface area contributed by atoms with E-state index in [0.29, 0.717) is 18.3 Å². The molecule has 0 aromatic heterocycles. The zero-order valence-electron chi connectivity index (χ0n) is 19.9. The number of hydrogen-bond donors (Lipinski definition) is 1. The molecule has 3 atom stereocenters. The Morgan fingerprint density at radius 3 is 2.59 bits per heavy atom. The lowest BCUT2D eigenvalue weighted by atomic mass is 9.74. The molecule has 0 spiro atoms. The van der Waals surface area contributed by atoms with Gasteiger partial charge in [0.25, 0.3) is 0 Å². The van der Waals surface area contributed by atoms with Gasteiger partial charge >= 0.3 is 0 Å². The number of amides is 1. The first-order chi connectivity index (χ1) is 16.7. The van der Waals surface area contributed by atoms with Crippen LogP contribution in [0.15, 0.2) is 53.4 Å². The highest BCUT2D eigenvalue weighted by atomic mass is 32.2. The predicted molar refractivity (Wildman–Crippen MR) is 138 cm³/mol. The summed E-state index contributed by atoms with van der Waals surface area (Å²) in [5.41, 5.74) is 2.41. The fraction of sp³-hybridized carbons (Fsp3) is 0.536. The summed E-state index contributed by atoms with van der Waals surface area (Å²) in [5.74, 6) is 2.45. The minimum absolute atomic E-state index is 0.156. The van der Waals surface area contributed by atoms with Gasteiger partial charge in [-0.25, -0.2) is 4.39 Å². The fourth-order valence-corrected chi connectivity index (χ4v) is 7.30. The van der Waals surface area contributed by atoms with E-state index in [1.54, 1.807) is 0 Å². The SMILES string of the molecule is O=C(CCCN1CCN(c2ccc(F)cc2)CC1)N[C@@H]1c2ccccc2SC[C@@H]2CCCC[C@H]21. The number of benzene rings is 2. The molecule has 2 aromatic carbocycles. The standard InChI is InChI=1S/C28H36FN3OS/c29-22-11-13-23(14-12-22)32-18-16-31(17-19-32)15-5-10-27(33)30-28-24-7-2-1-6-21(24)20-34-26-9-4-3-8-25(26)28/h3-4,8-9,11-14,21,24,28H,1-2,5-7,10,15-20H2,(H,30,33)/t21-,24+,28-/m0/s1. The van der Waals surface area contributed by atoms with E-state index in [9.17, 15) is 9.18 Å². The molecule has 0 bridgehead atoms. The number of fused-ring (bicyclic) bond motifs is 2. The Kier molecular flexibility index (Phi) is 7.75. The molecule has 5 rings (SSSR count). The Hall–Kier alpha value is -2.05. The van der Waals surface area contributed by atoms with E-state index in [1.165, 1.54) is 54.0 Å². The van der Waals surface area contributed by atoms with Crippen LogP contribution >= 0.6 is 11.8 Å². The van der Waals surface area contributed by atoms with Crippen LogP contribution < -0.4 is 10.2 Å². The van der Waals surface area contributed by atoms with Crippen molar-refractivity contribution in [2.75, 3.05) is 43.4 Å². The third-order valence-corrected chi connectivity index (χ3v) is 9.14. The molecule has 3 aliphatic rings. The first-order valence-electron chi connectivity index (χ1n) is 12.9. The molecule has 1 amide bonds. The van der Waals surface area contributed by atoms with Crippen LogP contribution in [-0.4, -0.2) is 49.3 Å². The number of rotatable bonds is 6. The van der Waals surface area contributed by atoms with Crippen molar-refractivity contribution in [3.8, 4) is 0 Å². The zero-order chi connectivity index (χ0) is 23.3. The molecule has 1 aliphatic carbocycles. The summed E-state index contributed by atoms with van der Waals surface area (Å²) in [6.07, 6.45) is 6.60. The first-order valence-corrected chi connectivity index (χ1v) is 13.9. The molecule has 6 heteroatoms. The van der Waals surface area contributed by atoms with Crippen molar-refractivity contribution >= 4 is 23.4 Å². The molecule has 2 heterocycles. The van der Waals surface area contributed by atoms with Crippen LogP contribution in [0, 0.1) is 17.7 Å². The van der Waals surface area contributed by atoms with E-state index in [-0.39, 0.29) is 17.8 Å². The quantitative estimate of drug-likeness (QED) is 0.591. The Bertz CT molecular complexity index is 960. The van der Waals surface area contributed by atoms with Crippen molar-refractivity contribution in [3.05, 3.63) is 59.9 Å². The second-order valence-corrected chi connectivity index (χ2v) is 11.1. The van der Waals surface area contributed by atoms with Crippen LogP contribution in [0.3, 0.4) is 0 Å². The van der Waals surface area contributed by atoms with E-state index in [2.05, 4.69) is 39.4 Å². The normalized spacial score (nSPS) is 25.2. The Labute approximate surface area is 207 Å². The molecule has 1 N–H and O–H groups in total. The molecule has 0 unspecified atom stereocenters. The summed E-state index contributed by atoms with van der Waals surface area (Å²) >= 11 is 1.98. The monoisotopic (exact) mass is 481 g/mol. The number of nitrogens with one attached hydrogen (secondary N) is 1. The number of piperazine rings is 1. The summed E-state index contributed by atoms with van der Waals surface area (Å²) in [4.78, 5) is 19.1. The van der Waals surface area contributed by atoms with Crippen molar-refractivity contribution in [1.29, 1.82) is 0 Å². The molecule has 1 saturated heterocycles. The van der Waals surface area contributed by atoms with Crippen LogP contribution in [0.5, 0.6) is 0 Å². The minimum atomic E-state index is -0.189. The summed E-state index contributed by atoms with van der Waals surface area (Å²) in [5, 5.41) is 3.48. The molecular weight excluding hydrogens is 445 g/mol. The third kappa shape index (κ3) is 5.60. The van der Waals surface area contributed by atoms with Crippen molar-refractivity contribution in [2.45, 2.75) is 49.5 Å². The largest absolute Gasteiger partial charge is 0.369 e. The number of hydrogen-bond acceptors (Lipinski definition) is 4. The van der Waals surface area contributed by atoms with Gasteiger partial charge < -0.3 is 10.2 Å². The molecule has 182 valence electrons. The van der Waals surface area contributed by atoms with Crippen molar-refractivity contribution < 1.29 is 9.18 Å². The van der Waals surface area contributed by atoms with Gasteiger partial charge in [-0.3, -0.25) is 9.69 Å². The highest BCUT2D eigenvalue weighted by Crippen LogP contribution is 2.46. The van der Waals surface area contributed by atoms with Gasteiger partial charge in [-0.05, 0) is 73.5 Å². The lowest BCUT2D eigenvalue weighted by Crippen LogP contribution is -2.46. The maximum absolute atomic E-state index is 13.2. The lowest BCUT2D eigenvalue weighted by molar-refractivity contribution is -0.122. The first kappa shape index (κ1) is 23.7. The van der Waals surface area contributed by atoms with Gasteiger partial charge in [0, 0.05) is 48.9 Å². The Morgan fingerprint density at radius 1 is 1.00 bits per heavy atom. The average Bonchev–Trinajstić information content (AvgIpc) is 3.02. The number of carbonyl (C=O) groups excluding carboxylic acids is 1.